The van der Waals surface area contributed by atoms with Crippen molar-refractivity contribution in [1.82, 2.24) is 10.6 Å². The molecule has 3 N–H and O–H groups in total. The van der Waals surface area contributed by atoms with E-state index in [0.717, 1.165) is 16.1 Å². The predicted molar refractivity (Wildman–Crippen MR) is 93.6 cm³/mol. The van der Waals surface area contributed by atoms with E-state index in [1.807, 2.05) is 55.6 Å². The first-order chi connectivity index (χ1) is 11.0. The Balaban J connectivity index is 1.94. The minimum atomic E-state index is -0.219. The van der Waals surface area contributed by atoms with Crippen molar-refractivity contribution in [2.45, 2.75) is 32.9 Å². The van der Waals surface area contributed by atoms with Crippen LogP contribution in [0.5, 0.6) is 0 Å². The Hall–Kier alpha value is -2.34. The van der Waals surface area contributed by atoms with E-state index in [9.17, 15) is 9.59 Å². The fourth-order valence-electron chi connectivity index (χ4n) is 2.22. The summed E-state index contributed by atoms with van der Waals surface area (Å²) in [6.45, 7) is 5.32. The van der Waals surface area contributed by atoms with Gasteiger partial charge in [-0.05, 0) is 43.0 Å². The van der Waals surface area contributed by atoms with Crippen molar-refractivity contribution < 1.29 is 9.59 Å². The number of rotatable bonds is 5. The van der Waals surface area contributed by atoms with Crippen LogP contribution in [0, 0.1) is 0 Å². The van der Waals surface area contributed by atoms with E-state index in [0.29, 0.717) is 0 Å². The number of hydrogen-bond donors (Lipinski definition) is 3. The largest absolute Gasteiger partial charge is 0.332 e. The summed E-state index contributed by atoms with van der Waals surface area (Å²) in [5.74, 6) is -0.120. The van der Waals surface area contributed by atoms with Crippen molar-refractivity contribution in [2.24, 2.45) is 0 Å². The molecule has 0 radical (unpaired) electrons. The molecule has 0 saturated carbocycles. The minimum absolute atomic E-state index is 0.0343. The van der Waals surface area contributed by atoms with Gasteiger partial charge in [0.15, 0.2) is 0 Å². The summed E-state index contributed by atoms with van der Waals surface area (Å²) >= 11 is 1.61. The summed E-state index contributed by atoms with van der Waals surface area (Å²) in [6, 6.07) is 11.0. The Morgan fingerprint density at radius 1 is 1.04 bits per heavy atom. The quantitative estimate of drug-likeness (QED) is 0.779. The third-order valence-corrected chi connectivity index (χ3v) is 4.43. The molecule has 2 aromatic rings. The summed E-state index contributed by atoms with van der Waals surface area (Å²) in [5, 5.41) is 10.6. The van der Waals surface area contributed by atoms with Gasteiger partial charge in [-0.1, -0.05) is 18.2 Å². The molecular formula is C17H21N3O2S. The Labute approximate surface area is 140 Å². The third kappa shape index (κ3) is 5.10. The molecule has 0 bridgehead atoms. The van der Waals surface area contributed by atoms with Gasteiger partial charge in [0.1, 0.15) is 0 Å². The molecule has 0 aliphatic heterocycles. The molecule has 0 unspecified atom stereocenters. The molecule has 0 saturated heterocycles. The van der Waals surface area contributed by atoms with E-state index >= 15 is 0 Å². The van der Waals surface area contributed by atoms with Crippen LogP contribution in [0.1, 0.15) is 43.3 Å². The average Bonchev–Trinajstić information content (AvgIpc) is 3.00. The van der Waals surface area contributed by atoms with Crippen LogP contribution >= 0.6 is 11.3 Å². The molecule has 6 heteroatoms. The standard InChI is InChI=1S/C17H21N3O2S/c1-11(14-6-4-7-15(10-14)20-13(3)21)18-17(22)19-12(2)16-8-5-9-23-16/h4-12H,1-3H3,(H,20,21)(H2,18,19,22)/t11-,12+/m0/s1. The Bertz CT molecular complexity index is 670. The molecule has 0 aliphatic carbocycles. The van der Waals surface area contributed by atoms with Crippen molar-refractivity contribution >= 4 is 29.0 Å². The molecular weight excluding hydrogens is 310 g/mol. The fraction of sp³-hybridized carbons (Fsp3) is 0.294. The van der Waals surface area contributed by atoms with Crippen molar-refractivity contribution in [3.63, 3.8) is 0 Å². The molecule has 1 heterocycles. The highest BCUT2D eigenvalue weighted by Gasteiger charge is 2.13. The van der Waals surface area contributed by atoms with Crippen molar-refractivity contribution in [3.8, 4) is 0 Å². The van der Waals surface area contributed by atoms with E-state index in [-0.39, 0.29) is 24.0 Å². The van der Waals surface area contributed by atoms with Crippen LogP contribution in [0.2, 0.25) is 0 Å². The lowest BCUT2D eigenvalue weighted by atomic mass is 10.1. The van der Waals surface area contributed by atoms with E-state index in [4.69, 9.17) is 0 Å². The lowest BCUT2D eigenvalue weighted by molar-refractivity contribution is -0.114. The van der Waals surface area contributed by atoms with Gasteiger partial charge in [0.05, 0.1) is 12.1 Å². The molecule has 1 aromatic heterocycles. The maximum atomic E-state index is 12.1. The van der Waals surface area contributed by atoms with Crippen molar-refractivity contribution in [2.75, 3.05) is 5.32 Å². The highest BCUT2D eigenvalue weighted by molar-refractivity contribution is 7.10. The molecule has 2 rings (SSSR count). The monoisotopic (exact) mass is 331 g/mol. The lowest BCUT2D eigenvalue weighted by Crippen LogP contribution is -2.38. The fourth-order valence-corrected chi connectivity index (χ4v) is 2.95. The van der Waals surface area contributed by atoms with Crippen LogP contribution in [0.4, 0.5) is 10.5 Å². The van der Waals surface area contributed by atoms with E-state index < -0.39 is 0 Å². The highest BCUT2D eigenvalue weighted by Crippen LogP contribution is 2.19. The molecule has 2 atom stereocenters. The molecule has 0 fully saturated rings. The van der Waals surface area contributed by atoms with Gasteiger partial charge in [-0.25, -0.2) is 4.79 Å². The molecule has 0 aliphatic rings. The number of amides is 3. The second-order valence-corrected chi connectivity index (χ2v) is 6.36. The SMILES string of the molecule is CC(=O)Nc1cccc([C@H](C)NC(=O)N[C@H](C)c2cccs2)c1. The Kier molecular flexibility index (Phi) is 5.76. The van der Waals surface area contributed by atoms with Gasteiger partial charge in [-0.3, -0.25) is 4.79 Å². The summed E-state index contributed by atoms with van der Waals surface area (Å²) in [4.78, 5) is 24.3. The third-order valence-electron chi connectivity index (χ3n) is 3.37. The second kappa shape index (κ2) is 7.78. The van der Waals surface area contributed by atoms with Gasteiger partial charge in [-0.2, -0.15) is 0 Å². The number of anilines is 1. The Morgan fingerprint density at radius 2 is 1.78 bits per heavy atom. The second-order valence-electron chi connectivity index (χ2n) is 5.38. The number of benzene rings is 1. The lowest BCUT2D eigenvalue weighted by Gasteiger charge is -2.18. The molecule has 3 amide bonds. The van der Waals surface area contributed by atoms with Gasteiger partial charge in [0.2, 0.25) is 5.91 Å². The van der Waals surface area contributed by atoms with E-state index in [2.05, 4.69) is 16.0 Å². The summed E-state index contributed by atoms with van der Waals surface area (Å²) in [6.07, 6.45) is 0. The first-order valence-electron chi connectivity index (χ1n) is 7.43. The summed E-state index contributed by atoms with van der Waals surface area (Å²) in [7, 11) is 0. The Morgan fingerprint density at radius 3 is 2.43 bits per heavy atom. The van der Waals surface area contributed by atoms with Gasteiger partial charge >= 0.3 is 6.03 Å². The highest BCUT2D eigenvalue weighted by atomic mass is 32.1. The number of carbonyl (C=O) groups is 2. The van der Waals surface area contributed by atoms with Crippen LogP contribution in [-0.2, 0) is 4.79 Å². The van der Waals surface area contributed by atoms with E-state index in [1.54, 1.807) is 11.3 Å². The van der Waals surface area contributed by atoms with Crippen molar-refractivity contribution in [1.29, 1.82) is 0 Å². The van der Waals surface area contributed by atoms with E-state index in [1.165, 1.54) is 6.92 Å². The van der Waals surface area contributed by atoms with Gasteiger partial charge in [-0.15, -0.1) is 11.3 Å². The zero-order valence-electron chi connectivity index (χ0n) is 13.4. The zero-order chi connectivity index (χ0) is 16.8. The number of nitrogens with one attached hydrogen (secondary N) is 3. The zero-order valence-corrected chi connectivity index (χ0v) is 14.2. The van der Waals surface area contributed by atoms with Gasteiger partial charge < -0.3 is 16.0 Å². The van der Waals surface area contributed by atoms with Gasteiger partial charge in [0.25, 0.3) is 0 Å². The maximum absolute atomic E-state index is 12.1. The molecule has 122 valence electrons. The van der Waals surface area contributed by atoms with Crippen LogP contribution < -0.4 is 16.0 Å². The van der Waals surface area contributed by atoms with Crippen LogP contribution in [0.25, 0.3) is 0 Å². The number of urea groups is 1. The van der Waals surface area contributed by atoms with Gasteiger partial charge in [0, 0.05) is 17.5 Å². The smallest absolute Gasteiger partial charge is 0.315 e. The predicted octanol–water partition coefficient (Wildman–Crippen LogP) is 3.83. The minimum Gasteiger partial charge on any atom is -0.332 e. The summed E-state index contributed by atoms with van der Waals surface area (Å²) < 4.78 is 0. The number of hydrogen-bond acceptors (Lipinski definition) is 3. The van der Waals surface area contributed by atoms with Crippen LogP contribution in [0.3, 0.4) is 0 Å². The number of carbonyl (C=O) groups excluding carboxylic acids is 2. The first-order valence-corrected chi connectivity index (χ1v) is 8.31. The molecule has 23 heavy (non-hydrogen) atoms. The first kappa shape index (κ1) is 17.0. The number of thiophene rings is 1. The molecule has 0 spiro atoms. The maximum Gasteiger partial charge on any atom is 0.315 e. The van der Waals surface area contributed by atoms with Crippen molar-refractivity contribution in [3.05, 3.63) is 52.2 Å². The normalized spacial score (nSPS) is 13.0. The molecule has 5 nitrogen and oxygen atoms in total. The topological polar surface area (TPSA) is 70.2 Å². The van der Waals surface area contributed by atoms with Crippen LogP contribution in [-0.4, -0.2) is 11.9 Å². The molecule has 1 aromatic carbocycles. The average molecular weight is 331 g/mol. The van der Waals surface area contributed by atoms with Crippen LogP contribution in [0.15, 0.2) is 41.8 Å². The summed E-state index contributed by atoms with van der Waals surface area (Å²) in [5.41, 5.74) is 1.64.